The second kappa shape index (κ2) is 9.17. The summed E-state index contributed by atoms with van der Waals surface area (Å²) in [6.07, 6.45) is 4.35. The lowest BCUT2D eigenvalue weighted by molar-refractivity contribution is -0.0835. The van der Waals surface area contributed by atoms with E-state index in [1.54, 1.807) is 6.33 Å². The number of hydrogen-bond acceptors (Lipinski definition) is 4. The van der Waals surface area contributed by atoms with Gasteiger partial charge in [-0.2, -0.15) is 0 Å². The molecule has 1 aliphatic heterocycles. The standard InChI is InChI=1S/C18H34N6O/c1-6-19-17(21-12-15-23-22-13-24(15)7-2)20-11-14-9-8-10-25-16(14)18(3,4)5/h13-14,16H,6-12H2,1-5H3,(H2,19,20,21). The highest BCUT2D eigenvalue weighted by molar-refractivity contribution is 5.79. The first kappa shape index (κ1) is 19.7. The maximum absolute atomic E-state index is 6.07. The molecule has 0 bridgehead atoms. The number of guanidine groups is 1. The van der Waals surface area contributed by atoms with E-state index >= 15 is 0 Å². The van der Waals surface area contributed by atoms with Crippen LogP contribution in [0.4, 0.5) is 0 Å². The lowest BCUT2D eigenvalue weighted by Crippen LogP contribution is -2.47. The van der Waals surface area contributed by atoms with Crippen molar-refractivity contribution in [2.45, 2.75) is 66.7 Å². The predicted octanol–water partition coefficient (Wildman–Crippen LogP) is 2.19. The van der Waals surface area contributed by atoms with E-state index in [-0.39, 0.29) is 11.5 Å². The minimum atomic E-state index is 0.153. The van der Waals surface area contributed by atoms with E-state index in [0.29, 0.717) is 12.5 Å². The molecule has 1 aliphatic rings. The zero-order valence-electron chi connectivity index (χ0n) is 16.4. The number of ether oxygens (including phenoxy) is 1. The monoisotopic (exact) mass is 350 g/mol. The third kappa shape index (κ3) is 5.70. The van der Waals surface area contributed by atoms with Gasteiger partial charge in [-0.25, -0.2) is 4.99 Å². The molecule has 1 aromatic heterocycles. The molecule has 0 spiro atoms. The van der Waals surface area contributed by atoms with Crippen LogP contribution in [0.1, 0.15) is 53.3 Å². The number of aromatic nitrogens is 3. The lowest BCUT2D eigenvalue weighted by atomic mass is 9.78. The van der Waals surface area contributed by atoms with Gasteiger partial charge in [0.2, 0.25) is 0 Å². The second-order valence-corrected chi connectivity index (χ2v) is 7.67. The summed E-state index contributed by atoms with van der Waals surface area (Å²) in [5, 5.41) is 14.9. The largest absolute Gasteiger partial charge is 0.377 e. The van der Waals surface area contributed by atoms with Crippen LogP contribution < -0.4 is 10.6 Å². The van der Waals surface area contributed by atoms with Crippen LogP contribution in [-0.2, 0) is 17.8 Å². The molecule has 2 rings (SSSR count). The summed E-state index contributed by atoms with van der Waals surface area (Å²) in [7, 11) is 0. The Labute approximate surface area is 151 Å². The van der Waals surface area contributed by atoms with Crippen molar-refractivity contribution in [2.24, 2.45) is 16.3 Å². The van der Waals surface area contributed by atoms with Crippen LogP contribution >= 0.6 is 0 Å². The highest BCUT2D eigenvalue weighted by Crippen LogP contribution is 2.33. The fourth-order valence-electron chi connectivity index (χ4n) is 3.39. The molecule has 2 heterocycles. The third-order valence-corrected chi connectivity index (χ3v) is 4.59. The molecule has 0 aliphatic carbocycles. The number of aliphatic imine (C=N–C) groups is 1. The maximum Gasteiger partial charge on any atom is 0.191 e. The lowest BCUT2D eigenvalue weighted by Gasteiger charge is -2.40. The molecule has 0 aromatic carbocycles. The van der Waals surface area contributed by atoms with Crippen molar-refractivity contribution < 1.29 is 4.74 Å². The first-order valence-corrected chi connectivity index (χ1v) is 9.46. The van der Waals surface area contributed by atoms with Gasteiger partial charge in [-0.3, -0.25) is 0 Å². The molecule has 7 heteroatoms. The van der Waals surface area contributed by atoms with Gasteiger partial charge in [0.15, 0.2) is 11.8 Å². The summed E-state index contributed by atoms with van der Waals surface area (Å²) in [6, 6.07) is 0. The first-order chi connectivity index (χ1) is 12.0. The maximum atomic E-state index is 6.07. The van der Waals surface area contributed by atoms with Crippen molar-refractivity contribution in [3.8, 4) is 0 Å². The van der Waals surface area contributed by atoms with Crippen molar-refractivity contribution in [1.82, 2.24) is 25.4 Å². The number of rotatable bonds is 6. The minimum Gasteiger partial charge on any atom is -0.377 e. The van der Waals surface area contributed by atoms with Gasteiger partial charge in [-0.15, -0.1) is 10.2 Å². The van der Waals surface area contributed by atoms with Crippen molar-refractivity contribution in [1.29, 1.82) is 0 Å². The van der Waals surface area contributed by atoms with Crippen LogP contribution in [0.2, 0.25) is 0 Å². The SMILES string of the molecule is CCNC(=NCc1nncn1CC)NCC1CCCOC1C(C)(C)C. The van der Waals surface area contributed by atoms with Gasteiger partial charge in [-0.05, 0) is 32.1 Å². The molecule has 2 atom stereocenters. The summed E-state index contributed by atoms with van der Waals surface area (Å²) in [5.74, 6) is 2.21. The molecule has 25 heavy (non-hydrogen) atoms. The van der Waals surface area contributed by atoms with Gasteiger partial charge in [-0.1, -0.05) is 20.8 Å². The molecule has 1 fully saturated rings. The number of aryl methyl sites for hydroxylation is 1. The van der Waals surface area contributed by atoms with Crippen LogP contribution in [-0.4, -0.2) is 46.5 Å². The second-order valence-electron chi connectivity index (χ2n) is 7.67. The highest BCUT2D eigenvalue weighted by Gasteiger charge is 2.35. The van der Waals surface area contributed by atoms with E-state index in [4.69, 9.17) is 4.74 Å². The Morgan fingerprint density at radius 3 is 2.84 bits per heavy atom. The van der Waals surface area contributed by atoms with Crippen LogP contribution in [0.5, 0.6) is 0 Å². The summed E-state index contributed by atoms with van der Waals surface area (Å²) in [6.45, 7) is 14.9. The van der Waals surface area contributed by atoms with Gasteiger partial charge in [0, 0.05) is 32.2 Å². The average Bonchev–Trinajstić information content (AvgIpc) is 3.04. The quantitative estimate of drug-likeness (QED) is 0.607. The summed E-state index contributed by atoms with van der Waals surface area (Å²) < 4.78 is 8.09. The van der Waals surface area contributed by atoms with E-state index < -0.39 is 0 Å². The Kier molecular flexibility index (Phi) is 7.23. The Hall–Kier alpha value is -1.63. The van der Waals surface area contributed by atoms with E-state index in [0.717, 1.165) is 44.4 Å². The van der Waals surface area contributed by atoms with Crippen molar-refractivity contribution >= 4 is 5.96 Å². The van der Waals surface area contributed by atoms with Crippen LogP contribution in [0.3, 0.4) is 0 Å². The highest BCUT2D eigenvalue weighted by atomic mass is 16.5. The molecular weight excluding hydrogens is 316 g/mol. The summed E-state index contributed by atoms with van der Waals surface area (Å²) >= 11 is 0. The molecule has 0 amide bonds. The Bertz CT molecular complexity index is 548. The van der Waals surface area contributed by atoms with Gasteiger partial charge in [0.05, 0.1) is 6.10 Å². The zero-order valence-corrected chi connectivity index (χ0v) is 16.4. The zero-order chi connectivity index (χ0) is 18.3. The Balaban J connectivity index is 1.97. The molecule has 0 radical (unpaired) electrons. The topological polar surface area (TPSA) is 76.4 Å². The summed E-state index contributed by atoms with van der Waals surface area (Å²) in [4.78, 5) is 4.67. The fraction of sp³-hybridized carbons (Fsp3) is 0.833. The molecule has 1 saturated heterocycles. The number of nitrogens with zero attached hydrogens (tertiary/aromatic N) is 4. The first-order valence-electron chi connectivity index (χ1n) is 9.46. The van der Waals surface area contributed by atoms with E-state index in [2.05, 4.69) is 60.4 Å². The van der Waals surface area contributed by atoms with Gasteiger partial charge in [0.25, 0.3) is 0 Å². The van der Waals surface area contributed by atoms with E-state index in [1.807, 2.05) is 4.57 Å². The minimum absolute atomic E-state index is 0.153. The molecule has 7 nitrogen and oxygen atoms in total. The van der Waals surface area contributed by atoms with Gasteiger partial charge >= 0.3 is 0 Å². The summed E-state index contributed by atoms with van der Waals surface area (Å²) in [5.41, 5.74) is 0.153. The predicted molar refractivity (Wildman–Crippen MR) is 100 cm³/mol. The number of nitrogens with one attached hydrogen (secondary N) is 2. The number of hydrogen-bond donors (Lipinski definition) is 2. The molecular formula is C18H34N6O. The van der Waals surface area contributed by atoms with Crippen LogP contribution in [0.25, 0.3) is 0 Å². The van der Waals surface area contributed by atoms with Crippen molar-refractivity contribution in [3.63, 3.8) is 0 Å². The Morgan fingerprint density at radius 1 is 1.36 bits per heavy atom. The molecule has 2 unspecified atom stereocenters. The normalized spacial score (nSPS) is 22.0. The van der Waals surface area contributed by atoms with E-state index in [9.17, 15) is 0 Å². The van der Waals surface area contributed by atoms with Crippen LogP contribution in [0, 0.1) is 11.3 Å². The Morgan fingerprint density at radius 2 is 2.16 bits per heavy atom. The van der Waals surface area contributed by atoms with Crippen molar-refractivity contribution in [3.05, 3.63) is 12.2 Å². The fourth-order valence-corrected chi connectivity index (χ4v) is 3.39. The molecule has 0 saturated carbocycles. The van der Waals surface area contributed by atoms with Gasteiger partial charge in [0.1, 0.15) is 12.9 Å². The smallest absolute Gasteiger partial charge is 0.191 e. The van der Waals surface area contributed by atoms with Crippen LogP contribution in [0.15, 0.2) is 11.3 Å². The van der Waals surface area contributed by atoms with Crippen molar-refractivity contribution in [2.75, 3.05) is 19.7 Å². The van der Waals surface area contributed by atoms with E-state index in [1.165, 1.54) is 6.42 Å². The molecule has 2 N–H and O–H groups in total. The molecule has 1 aromatic rings. The van der Waals surface area contributed by atoms with Gasteiger partial charge < -0.3 is 19.9 Å². The molecule has 142 valence electrons. The average molecular weight is 351 g/mol. The third-order valence-electron chi connectivity index (χ3n) is 4.59.